The molecule has 1 aromatic rings. The average Bonchev–Trinajstić information content (AvgIpc) is 2.68. The zero-order valence-electron chi connectivity index (χ0n) is 10.5. The summed E-state index contributed by atoms with van der Waals surface area (Å²) < 4.78 is 5.01. The van der Waals surface area contributed by atoms with E-state index in [0.29, 0.717) is 16.5 Å². The Morgan fingerprint density at radius 3 is 2.90 bits per heavy atom. The Morgan fingerprint density at radius 1 is 1.60 bits per heavy atom. The highest BCUT2D eigenvalue weighted by molar-refractivity contribution is 8.15. The lowest BCUT2D eigenvalue weighted by Gasteiger charge is -2.09. The molecule has 0 aliphatic carbocycles. The number of amidine groups is 1. The van der Waals surface area contributed by atoms with Crippen LogP contribution >= 0.6 is 23.4 Å². The predicted octanol–water partition coefficient (Wildman–Crippen LogP) is 1.84. The Bertz CT molecular complexity index is 579. The molecule has 2 amide bonds. The molecule has 1 aliphatic rings. The van der Waals surface area contributed by atoms with E-state index in [1.165, 1.54) is 7.11 Å². The average molecular weight is 314 g/mol. The molecule has 3 N–H and O–H groups in total. The molecule has 1 aromatic carbocycles. The van der Waals surface area contributed by atoms with Crippen molar-refractivity contribution in [2.45, 2.75) is 11.7 Å². The molecular weight excluding hydrogens is 302 g/mol. The van der Waals surface area contributed by atoms with Crippen LogP contribution < -0.4 is 15.4 Å². The number of halogens is 1. The van der Waals surface area contributed by atoms with Crippen LogP contribution in [-0.4, -0.2) is 29.3 Å². The van der Waals surface area contributed by atoms with Crippen LogP contribution in [0.3, 0.4) is 0 Å². The Morgan fingerprint density at radius 2 is 2.35 bits per heavy atom. The number of hydrogen-bond donors (Lipinski definition) is 3. The van der Waals surface area contributed by atoms with Gasteiger partial charge < -0.3 is 15.4 Å². The summed E-state index contributed by atoms with van der Waals surface area (Å²) in [6, 6.07) is 4.87. The molecule has 0 aromatic heterocycles. The van der Waals surface area contributed by atoms with E-state index in [4.69, 9.17) is 21.7 Å². The van der Waals surface area contributed by atoms with Gasteiger partial charge in [-0.05, 0) is 18.2 Å². The lowest BCUT2D eigenvalue weighted by Crippen LogP contribution is -2.27. The Hall–Kier alpha value is -1.73. The predicted molar refractivity (Wildman–Crippen MR) is 78.5 cm³/mol. The quantitative estimate of drug-likeness (QED) is 0.791. The molecule has 1 fully saturated rings. The molecule has 0 radical (unpaired) electrons. The summed E-state index contributed by atoms with van der Waals surface area (Å²) in [5.74, 6) is -0.111. The SMILES string of the molecule is COc1ccc(NC(=O)CC2SC(=N)NC2=O)cc1Cl. The van der Waals surface area contributed by atoms with E-state index < -0.39 is 5.25 Å². The van der Waals surface area contributed by atoms with Crippen molar-refractivity contribution in [3.05, 3.63) is 23.2 Å². The highest BCUT2D eigenvalue weighted by atomic mass is 35.5. The van der Waals surface area contributed by atoms with Crippen molar-refractivity contribution < 1.29 is 14.3 Å². The van der Waals surface area contributed by atoms with Crippen LogP contribution in [0.5, 0.6) is 5.75 Å². The lowest BCUT2D eigenvalue weighted by molar-refractivity contribution is -0.122. The number of anilines is 1. The molecule has 20 heavy (non-hydrogen) atoms. The maximum absolute atomic E-state index is 11.8. The zero-order chi connectivity index (χ0) is 14.7. The van der Waals surface area contributed by atoms with Crippen molar-refractivity contribution >= 4 is 46.0 Å². The summed E-state index contributed by atoms with van der Waals surface area (Å²) in [7, 11) is 1.50. The molecule has 106 valence electrons. The highest BCUT2D eigenvalue weighted by Crippen LogP contribution is 2.27. The number of amides is 2. The van der Waals surface area contributed by atoms with E-state index in [1.807, 2.05) is 0 Å². The third-order valence-electron chi connectivity index (χ3n) is 2.60. The van der Waals surface area contributed by atoms with Crippen LogP contribution in [0.15, 0.2) is 18.2 Å². The summed E-state index contributed by atoms with van der Waals surface area (Å²) >= 11 is 6.99. The van der Waals surface area contributed by atoms with Gasteiger partial charge in [-0.1, -0.05) is 23.4 Å². The van der Waals surface area contributed by atoms with Gasteiger partial charge in [-0.3, -0.25) is 15.0 Å². The summed E-state index contributed by atoms with van der Waals surface area (Å²) in [4.78, 5) is 23.3. The molecule has 1 atom stereocenters. The van der Waals surface area contributed by atoms with Gasteiger partial charge >= 0.3 is 0 Å². The van der Waals surface area contributed by atoms with Crippen LogP contribution in [-0.2, 0) is 9.59 Å². The number of nitrogens with one attached hydrogen (secondary N) is 3. The molecule has 0 bridgehead atoms. The van der Waals surface area contributed by atoms with Gasteiger partial charge in [0.15, 0.2) is 5.17 Å². The summed E-state index contributed by atoms with van der Waals surface area (Å²) in [6.45, 7) is 0. The van der Waals surface area contributed by atoms with E-state index in [-0.39, 0.29) is 23.4 Å². The highest BCUT2D eigenvalue weighted by Gasteiger charge is 2.31. The standard InChI is InChI=1S/C12H12ClN3O3S/c1-19-8-3-2-6(4-7(8)13)15-10(17)5-9-11(18)16-12(14)20-9/h2-4,9H,5H2,1H3,(H,15,17)(H2,14,16,18). The number of carbonyl (C=O) groups excluding carboxylic acids is 2. The largest absolute Gasteiger partial charge is 0.495 e. The summed E-state index contributed by atoms with van der Waals surface area (Å²) in [5.41, 5.74) is 0.527. The fraction of sp³-hybridized carbons (Fsp3) is 0.250. The van der Waals surface area contributed by atoms with Crippen LogP contribution in [0.1, 0.15) is 6.42 Å². The molecule has 0 spiro atoms. The second kappa shape index (κ2) is 6.15. The number of methoxy groups -OCH3 is 1. The minimum atomic E-state index is -0.559. The van der Waals surface area contributed by atoms with Crippen LogP contribution in [0.25, 0.3) is 0 Å². The van der Waals surface area contributed by atoms with Crippen LogP contribution in [0, 0.1) is 5.41 Å². The normalized spacial score (nSPS) is 17.8. The lowest BCUT2D eigenvalue weighted by atomic mass is 10.2. The molecule has 2 rings (SSSR count). The van der Waals surface area contributed by atoms with E-state index in [0.717, 1.165) is 11.8 Å². The first-order valence-electron chi connectivity index (χ1n) is 5.69. The first kappa shape index (κ1) is 14.7. The fourth-order valence-corrected chi connectivity index (χ4v) is 2.78. The molecule has 1 unspecified atom stereocenters. The Kier molecular flexibility index (Phi) is 4.51. The number of benzene rings is 1. The van der Waals surface area contributed by atoms with Crippen molar-refractivity contribution in [1.82, 2.24) is 5.32 Å². The van der Waals surface area contributed by atoms with Crippen molar-refractivity contribution in [2.24, 2.45) is 0 Å². The van der Waals surface area contributed by atoms with Gasteiger partial charge in [0.1, 0.15) is 11.0 Å². The van der Waals surface area contributed by atoms with Crippen molar-refractivity contribution in [3.63, 3.8) is 0 Å². The third-order valence-corrected chi connectivity index (χ3v) is 3.89. The van der Waals surface area contributed by atoms with Gasteiger partial charge in [0, 0.05) is 12.1 Å². The van der Waals surface area contributed by atoms with Gasteiger partial charge in [0.2, 0.25) is 11.8 Å². The molecule has 0 saturated carbocycles. The minimum Gasteiger partial charge on any atom is -0.495 e. The second-order valence-corrected chi connectivity index (χ2v) is 5.65. The molecule has 1 aliphatic heterocycles. The fourth-order valence-electron chi connectivity index (χ4n) is 1.68. The van der Waals surface area contributed by atoms with E-state index in [1.54, 1.807) is 18.2 Å². The first-order valence-corrected chi connectivity index (χ1v) is 6.95. The number of ether oxygens (including phenoxy) is 1. The minimum absolute atomic E-state index is 0.00251. The molecule has 1 heterocycles. The molecular formula is C12H12ClN3O3S. The number of rotatable bonds is 4. The zero-order valence-corrected chi connectivity index (χ0v) is 12.1. The first-order chi connectivity index (χ1) is 9.49. The van der Waals surface area contributed by atoms with E-state index in [2.05, 4.69) is 10.6 Å². The van der Waals surface area contributed by atoms with Crippen molar-refractivity contribution in [3.8, 4) is 5.75 Å². The second-order valence-electron chi connectivity index (χ2n) is 4.03. The van der Waals surface area contributed by atoms with Crippen molar-refractivity contribution in [1.29, 1.82) is 5.41 Å². The topological polar surface area (TPSA) is 91.3 Å². The van der Waals surface area contributed by atoms with Crippen LogP contribution in [0.2, 0.25) is 5.02 Å². The maximum atomic E-state index is 11.8. The van der Waals surface area contributed by atoms with Gasteiger partial charge in [0.25, 0.3) is 0 Å². The number of carbonyl (C=O) groups is 2. The van der Waals surface area contributed by atoms with Gasteiger partial charge in [-0.2, -0.15) is 0 Å². The Balaban J connectivity index is 1.96. The number of hydrogen-bond acceptors (Lipinski definition) is 5. The molecule has 1 saturated heterocycles. The van der Waals surface area contributed by atoms with E-state index >= 15 is 0 Å². The summed E-state index contributed by atoms with van der Waals surface area (Å²) in [5, 5.41) is 12.2. The van der Waals surface area contributed by atoms with Crippen LogP contribution in [0.4, 0.5) is 5.69 Å². The maximum Gasteiger partial charge on any atom is 0.240 e. The van der Waals surface area contributed by atoms with Gasteiger partial charge in [-0.15, -0.1) is 0 Å². The summed E-state index contributed by atoms with van der Waals surface area (Å²) in [6.07, 6.45) is 0.00251. The third kappa shape index (κ3) is 3.43. The van der Waals surface area contributed by atoms with Gasteiger partial charge in [-0.25, -0.2) is 0 Å². The van der Waals surface area contributed by atoms with Gasteiger partial charge in [0.05, 0.1) is 12.1 Å². The van der Waals surface area contributed by atoms with E-state index in [9.17, 15) is 9.59 Å². The monoisotopic (exact) mass is 313 g/mol. The smallest absolute Gasteiger partial charge is 0.240 e. The Labute approximate surface area is 124 Å². The molecule has 6 nitrogen and oxygen atoms in total. The number of thioether (sulfide) groups is 1. The van der Waals surface area contributed by atoms with Crippen molar-refractivity contribution in [2.75, 3.05) is 12.4 Å². The molecule has 8 heteroatoms.